The number of nitrogens with zero attached hydrogens (tertiary/aromatic N) is 1. The van der Waals surface area contributed by atoms with Gasteiger partial charge in [-0.2, -0.15) is 0 Å². The third-order valence-electron chi connectivity index (χ3n) is 5.01. The first-order chi connectivity index (χ1) is 13.7. The number of aliphatic carboxylic acids is 2. The Labute approximate surface area is 166 Å². The van der Waals surface area contributed by atoms with Crippen LogP contribution >= 0.6 is 0 Å². The van der Waals surface area contributed by atoms with Crippen molar-refractivity contribution in [3.63, 3.8) is 0 Å². The van der Waals surface area contributed by atoms with Gasteiger partial charge in [-0.25, -0.2) is 4.79 Å². The molecule has 4 atom stereocenters. The Bertz CT molecular complexity index is 664. The van der Waals surface area contributed by atoms with Crippen molar-refractivity contribution in [1.29, 1.82) is 0 Å². The first-order valence-electron chi connectivity index (χ1n) is 9.44. The Morgan fingerprint density at radius 1 is 1.03 bits per heavy atom. The number of aliphatic hydroxyl groups is 1. The van der Waals surface area contributed by atoms with Gasteiger partial charge in [-0.1, -0.05) is 0 Å². The van der Waals surface area contributed by atoms with Crippen molar-refractivity contribution in [2.24, 2.45) is 0 Å². The first kappa shape index (κ1) is 22.6. The molecule has 2 fully saturated rings. The molecule has 0 bridgehead atoms. The lowest BCUT2D eigenvalue weighted by atomic mass is 10.1. The number of hydrogen-bond donors (Lipinski definition) is 6. The lowest BCUT2D eigenvalue weighted by Gasteiger charge is -2.27. The molecule has 2 saturated heterocycles. The van der Waals surface area contributed by atoms with Crippen molar-refractivity contribution in [1.82, 2.24) is 20.9 Å². The molecule has 0 aromatic rings. The van der Waals surface area contributed by atoms with Crippen molar-refractivity contribution in [3.8, 4) is 0 Å². The Kier molecular flexibility index (Phi) is 7.91. The molecule has 0 aromatic heterocycles. The van der Waals surface area contributed by atoms with Crippen LogP contribution in [0.3, 0.4) is 0 Å². The largest absolute Gasteiger partial charge is 0.481 e. The fraction of sp³-hybridized carbons (Fsp3) is 0.706. The molecule has 0 saturated carbocycles. The molecule has 3 amide bonds. The predicted molar refractivity (Wildman–Crippen MR) is 96.6 cm³/mol. The minimum atomic E-state index is -1.45. The Balaban J connectivity index is 2.04. The van der Waals surface area contributed by atoms with Gasteiger partial charge in [-0.05, 0) is 32.2 Å². The summed E-state index contributed by atoms with van der Waals surface area (Å²) in [5.74, 6) is -4.76. The molecule has 0 aliphatic carbocycles. The van der Waals surface area contributed by atoms with Crippen LogP contribution < -0.4 is 16.0 Å². The average molecular weight is 414 g/mol. The van der Waals surface area contributed by atoms with Crippen LogP contribution in [0.25, 0.3) is 0 Å². The molecule has 0 radical (unpaired) electrons. The molecule has 12 heteroatoms. The van der Waals surface area contributed by atoms with E-state index in [4.69, 9.17) is 5.11 Å². The number of carbonyl (C=O) groups is 5. The Morgan fingerprint density at radius 3 is 2.31 bits per heavy atom. The second-order valence-corrected chi connectivity index (χ2v) is 7.08. The minimum Gasteiger partial charge on any atom is -0.481 e. The molecule has 2 aliphatic rings. The zero-order valence-electron chi connectivity index (χ0n) is 15.8. The summed E-state index contributed by atoms with van der Waals surface area (Å²) < 4.78 is 0. The van der Waals surface area contributed by atoms with Gasteiger partial charge in [0.15, 0.2) is 0 Å². The zero-order valence-corrected chi connectivity index (χ0v) is 15.8. The monoisotopic (exact) mass is 414 g/mol. The number of likely N-dealkylation sites (tertiary alicyclic amines) is 1. The quantitative estimate of drug-likeness (QED) is 0.233. The summed E-state index contributed by atoms with van der Waals surface area (Å²) >= 11 is 0. The highest BCUT2D eigenvalue weighted by Gasteiger charge is 2.38. The van der Waals surface area contributed by atoms with Gasteiger partial charge in [0.1, 0.15) is 18.1 Å². The van der Waals surface area contributed by atoms with E-state index in [-0.39, 0.29) is 13.0 Å². The van der Waals surface area contributed by atoms with Crippen LogP contribution in [0.15, 0.2) is 0 Å². The second kappa shape index (κ2) is 10.2. The van der Waals surface area contributed by atoms with E-state index in [9.17, 15) is 34.2 Å². The van der Waals surface area contributed by atoms with E-state index >= 15 is 0 Å². The first-order valence-corrected chi connectivity index (χ1v) is 9.44. The number of nitrogens with one attached hydrogen (secondary N) is 3. The molecule has 4 unspecified atom stereocenters. The van der Waals surface area contributed by atoms with Gasteiger partial charge in [0.05, 0.1) is 19.1 Å². The Morgan fingerprint density at radius 2 is 1.76 bits per heavy atom. The SMILES string of the molecule is O=C(O)CC(NC(=O)C1CCCN1)C(=O)NC(CO)C(=O)N1CCCC1C(=O)O. The third kappa shape index (κ3) is 5.87. The van der Waals surface area contributed by atoms with Crippen molar-refractivity contribution in [3.05, 3.63) is 0 Å². The van der Waals surface area contributed by atoms with E-state index in [1.165, 1.54) is 0 Å². The molecule has 0 aromatic carbocycles. The Hall–Kier alpha value is -2.73. The lowest BCUT2D eigenvalue weighted by Crippen LogP contribution is -2.58. The fourth-order valence-corrected chi connectivity index (χ4v) is 3.51. The maximum Gasteiger partial charge on any atom is 0.326 e. The van der Waals surface area contributed by atoms with Gasteiger partial charge in [0.25, 0.3) is 0 Å². The fourth-order valence-electron chi connectivity index (χ4n) is 3.51. The number of carboxylic acid groups (broad SMARTS) is 2. The second-order valence-electron chi connectivity index (χ2n) is 7.08. The van der Waals surface area contributed by atoms with E-state index in [0.29, 0.717) is 19.4 Å². The predicted octanol–water partition coefficient (Wildman–Crippen LogP) is -2.75. The molecule has 29 heavy (non-hydrogen) atoms. The number of hydrogen-bond acceptors (Lipinski definition) is 7. The van der Waals surface area contributed by atoms with Crippen LogP contribution in [0.4, 0.5) is 0 Å². The molecule has 162 valence electrons. The summed E-state index contributed by atoms with van der Waals surface area (Å²) in [7, 11) is 0. The number of carbonyl (C=O) groups excluding carboxylic acids is 3. The summed E-state index contributed by atoms with van der Waals surface area (Å²) in [5.41, 5.74) is 0. The van der Waals surface area contributed by atoms with Crippen LogP contribution in [0, 0.1) is 0 Å². The van der Waals surface area contributed by atoms with Crippen LogP contribution in [0.2, 0.25) is 0 Å². The molecule has 6 N–H and O–H groups in total. The summed E-state index contributed by atoms with van der Waals surface area (Å²) in [4.78, 5) is 60.8. The maximum atomic E-state index is 12.6. The number of aliphatic hydroxyl groups excluding tert-OH is 1. The topological polar surface area (TPSA) is 185 Å². The number of carboxylic acids is 2. The molecular weight excluding hydrogens is 388 g/mol. The highest BCUT2D eigenvalue weighted by molar-refractivity contribution is 5.95. The summed E-state index contributed by atoms with van der Waals surface area (Å²) in [6.07, 6.45) is 1.35. The van der Waals surface area contributed by atoms with Gasteiger partial charge < -0.3 is 36.2 Å². The van der Waals surface area contributed by atoms with Crippen LogP contribution in [0.1, 0.15) is 32.1 Å². The molecule has 12 nitrogen and oxygen atoms in total. The number of rotatable bonds is 9. The van der Waals surface area contributed by atoms with E-state index in [0.717, 1.165) is 11.3 Å². The van der Waals surface area contributed by atoms with E-state index < -0.39 is 66.9 Å². The molecular formula is C17H26N4O8. The summed E-state index contributed by atoms with van der Waals surface area (Å²) in [6.45, 7) is 0.00564. The highest BCUT2D eigenvalue weighted by atomic mass is 16.4. The van der Waals surface area contributed by atoms with E-state index in [1.807, 2.05) is 0 Å². The van der Waals surface area contributed by atoms with Crippen molar-refractivity contribution < 1.29 is 39.3 Å². The van der Waals surface area contributed by atoms with Gasteiger partial charge in [-0.3, -0.25) is 19.2 Å². The van der Waals surface area contributed by atoms with Crippen LogP contribution in [0.5, 0.6) is 0 Å². The average Bonchev–Trinajstić information content (AvgIpc) is 3.36. The smallest absolute Gasteiger partial charge is 0.326 e. The molecule has 2 rings (SSSR count). The van der Waals surface area contributed by atoms with E-state index in [2.05, 4.69) is 16.0 Å². The normalized spacial score (nSPS) is 23.3. The van der Waals surface area contributed by atoms with Crippen LogP contribution in [-0.4, -0.2) is 93.7 Å². The lowest BCUT2D eigenvalue weighted by molar-refractivity contribution is -0.150. The minimum absolute atomic E-state index is 0.171. The van der Waals surface area contributed by atoms with Crippen LogP contribution in [-0.2, 0) is 24.0 Å². The van der Waals surface area contributed by atoms with Gasteiger partial charge in [0.2, 0.25) is 17.7 Å². The van der Waals surface area contributed by atoms with Gasteiger partial charge >= 0.3 is 11.9 Å². The van der Waals surface area contributed by atoms with E-state index in [1.54, 1.807) is 0 Å². The van der Waals surface area contributed by atoms with Crippen molar-refractivity contribution in [2.45, 2.75) is 56.3 Å². The standard InChI is InChI=1S/C17H26N4O8/c22-8-11(16(27)21-6-2-4-12(21)17(28)29)20-15(26)10(7-13(23)24)19-14(25)9-3-1-5-18-9/h9-12,18,22H,1-8H2,(H,19,25)(H,20,26)(H,23,24)(H,28,29). The molecule has 0 spiro atoms. The zero-order chi connectivity index (χ0) is 21.6. The van der Waals surface area contributed by atoms with Crippen molar-refractivity contribution in [2.75, 3.05) is 19.7 Å². The molecule has 2 heterocycles. The third-order valence-corrected chi connectivity index (χ3v) is 5.01. The maximum absolute atomic E-state index is 12.6. The summed E-state index contributed by atoms with van der Waals surface area (Å²) in [6, 6.07) is -4.47. The summed E-state index contributed by atoms with van der Waals surface area (Å²) in [5, 5.41) is 35.3. The van der Waals surface area contributed by atoms with Crippen molar-refractivity contribution >= 4 is 29.7 Å². The molecule has 2 aliphatic heterocycles. The van der Waals surface area contributed by atoms with Gasteiger partial charge in [-0.15, -0.1) is 0 Å². The number of amides is 3. The highest BCUT2D eigenvalue weighted by Crippen LogP contribution is 2.18. The van der Waals surface area contributed by atoms with Gasteiger partial charge in [0, 0.05) is 6.54 Å².